The van der Waals surface area contributed by atoms with Crippen molar-refractivity contribution in [3.05, 3.63) is 76.8 Å². The maximum atomic E-state index is 12.4. The highest BCUT2D eigenvalue weighted by molar-refractivity contribution is 7.92. The Bertz CT molecular complexity index is 1310. The van der Waals surface area contributed by atoms with E-state index in [1.165, 1.54) is 0 Å². The van der Waals surface area contributed by atoms with Crippen LogP contribution in [0.3, 0.4) is 0 Å². The molecule has 2 aromatic rings. The summed E-state index contributed by atoms with van der Waals surface area (Å²) in [6.07, 6.45) is 0. The van der Waals surface area contributed by atoms with Gasteiger partial charge in [-0.15, -0.1) is 5.10 Å². The van der Waals surface area contributed by atoms with Gasteiger partial charge in [0.15, 0.2) is 21.4 Å². The first kappa shape index (κ1) is 26.0. The summed E-state index contributed by atoms with van der Waals surface area (Å²) in [4.78, 5) is 10.6. The molecule has 184 valence electrons. The molecule has 0 spiro atoms. The monoisotopic (exact) mass is 494 g/mol. The summed E-state index contributed by atoms with van der Waals surface area (Å²) in [7, 11) is 0.647. The van der Waals surface area contributed by atoms with Crippen molar-refractivity contribution in [3.8, 4) is 0 Å². The van der Waals surface area contributed by atoms with Crippen LogP contribution in [0.2, 0.25) is 0 Å². The molecule has 9 nitrogen and oxygen atoms in total. The van der Waals surface area contributed by atoms with Crippen molar-refractivity contribution < 1.29 is 13.2 Å². The lowest BCUT2D eigenvalue weighted by molar-refractivity contribution is 0.402. The predicted molar refractivity (Wildman–Crippen MR) is 140 cm³/mol. The van der Waals surface area contributed by atoms with E-state index in [1.807, 2.05) is 38.4 Å². The standard InChI is InChI=1S/C25H30N6O3S/c1-16(2)35(32,33)21-13-11-19(12-14-21)17(3)28-22(23(26)27-4)25-30-29-24(34-25)20-9-7-18(8-10-20)15-31(5)6/h7-14,16,26,30H,4,15H2,1-3,5-6H3. The van der Waals surface area contributed by atoms with Gasteiger partial charge in [0.1, 0.15) is 0 Å². The number of nitrogens with one attached hydrogen (secondary N) is 2. The van der Waals surface area contributed by atoms with E-state index in [9.17, 15) is 8.42 Å². The van der Waals surface area contributed by atoms with Gasteiger partial charge in [-0.1, -0.05) is 24.3 Å². The van der Waals surface area contributed by atoms with E-state index < -0.39 is 15.1 Å². The quantitative estimate of drug-likeness (QED) is 0.429. The minimum atomic E-state index is -3.37. The third-order valence-corrected chi connectivity index (χ3v) is 7.43. The zero-order chi connectivity index (χ0) is 25.8. The summed E-state index contributed by atoms with van der Waals surface area (Å²) in [6.45, 7) is 9.29. The van der Waals surface area contributed by atoms with Crippen molar-refractivity contribution in [1.29, 1.82) is 5.41 Å². The minimum absolute atomic E-state index is 0.124. The van der Waals surface area contributed by atoms with E-state index in [2.05, 4.69) is 32.1 Å². The van der Waals surface area contributed by atoms with Gasteiger partial charge in [0.05, 0.1) is 10.1 Å². The molecule has 0 saturated carbocycles. The molecule has 0 radical (unpaired) electrons. The third kappa shape index (κ3) is 6.09. The topological polar surface area (TPSA) is 120 Å². The van der Waals surface area contributed by atoms with Crippen LogP contribution in [0.1, 0.15) is 37.5 Å². The molecule has 0 aromatic heterocycles. The van der Waals surface area contributed by atoms with Crippen molar-refractivity contribution in [1.82, 2.24) is 10.3 Å². The molecule has 2 aromatic carbocycles. The number of rotatable bonds is 8. The number of nitrogens with zero attached hydrogens (tertiary/aromatic N) is 4. The number of ether oxygens (including phenoxy) is 1. The molecule has 0 amide bonds. The first-order valence-corrected chi connectivity index (χ1v) is 12.5. The second-order valence-electron chi connectivity index (χ2n) is 8.57. The van der Waals surface area contributed by atoms with Crippen molar-refractivity contribution in [2.24, 2.45) is 15.1 Å². The average molecular weight is 495 g/mol. The van der Waals surface area contributed by atoms with E-state index in [4.69, 9.17) is 10.1 Å². The van der Waals surface area contributed by atoms with Crippen molar-refractivity contribution in [2.75, 3.05) is 14.1 Å². The number of hydrogen-bond donors (Lipinski definition) is 2. The molecule has 0 fully saturated rings. The van der Waals surface area contributed by atoms with Gasteiger partial charge in [-0.25, -0.2) is 23.8 Å². The van der Waals surface area contributed by atoms with E-state index in [-0.39, 0.29) is 22.3 Å². The molecule has 0 atom stereocenters. The van der Waals surface area contributed by atoms with Gasteiger partial charge in [0.2, 0.25) is 11.8 Å². The molecular weight excluding hydrogens is 464 g/mol. The molecular formula is C25H30N6O3S. The van der Waals surface area contributed by atoms with Gasteiger partial charge in [-0.2, -0.15) is 0 Å². The summed E-state index contributed by atoms with van der Waals surface area (Å²) < 4.78 is 30.6. The van der Waals surface area contributed by atoms with Gasteiger partial charge in [-0.3, -0.25) is 5.41 Å². The highest BCUT2D eigenvalue weighted by Crippen LogP contribution is 2.20. The average Bonchev–Trinajstić information content (AvgIpc) is 3.32. The first-order chi connectivity index (χ1) is 16.5. The van der Waals surface area contributed by atoms with Crippen molar-refractivity contribution in [2.45, 2.75) is 37.5 Å². The van der Waals surface area contributed by atoms with Crippen LogP contribution >= 0.6 is 0 Å². The smallest absolute Gasteiger partial charge is 0.245 e. The number of aliphatic imine (C=N–C) groups is 2. The molecule has 1 heterocycles. The van der Waals surface area contributed by atoms with Crippen LogP contribution in [0.4, 0.5) is 0 Å². The Labute approximate surface area is 206 Å². The zero-order valence-electron chi connectivity index (χ0n) is 20.5. The summed E-state index contributed by atoms with van der Waals surface area (Å²) >= 11 is 0. The molecule has 2 N–H and O–H groups in total. The number of amidine groups is 1. The van der Waals surface area contributed by atoms with Crippen LogP contribution < -0.4 is 5.43 Å². The number of benzene rings is 2. The van der Waals surface area contributed by atoms with E-state index in [0.29, 0.717) is 17.2 Å². The van der Waals surface area contributed by atoms with Gasteiger partial charge < -0.3 is 9.64 Å². The molecule has 3 rings (SSSR count). The minimum Gasteiger partial charge on any atom is -0.417 e. The third-order valence-electron chi connectivity index (χ3n) is 5.26. The molecule has 35 heavy (non-hydrogen) atoms. The first-order valence-electron chi connectivity index (χ1n) is 11.0. The fourth-order valence-corrected chi connectivity index (χ4v) is 4.32. The van der Waals surface area contributed by atoms with Crippen molar-refractivity contribution in [3.63, 3.8) is 0 Å². The lowest BCUT2D eigenvalue weighted by Crippen LogP contribution is -2.14. The summed E-state index contributed by atoms with van der Waals surface area (Å²) in [6, 6.07) is 14.3. The van der Waals surface area contributed by atoms with E-state index in [1.54, 1.807) is 45.0 Å². The molecule has 10 heteroatoms. The number of hydrazone groups is 1. The molecule has 0 unspecified atom stereocenters. The Kier molecular flexibility index (Phi) is 7.98. The second-order valence-corrected chi connectivity index (χ2v) is 11.1. The Morgan fingerprint density at radius 3 is 2.31 bits per heavy atom. The van der Waals surface area contributed by atoms with Gasteiger partial charge in [0, 0.05) is 17.8 Å². The van der Waals surface area contributed by atoms with Crippen LogP contribution in [-0.2, 0) is 21.1 Å². The van der Waals surface area contributed by atoms with E-state index >= 15 is 0 Å². The Morgan fingerprint density at radius 1 is 1.14 bits per heavy atom. The van der Waals surface area contributed by atoms with Crippen LogP contribution in [0.5, 0.6) is 0 Å². The molecule has 0 bridgehead atoms. The van der Waals surface area contributed by atoms with Crippen LogP contribution in [-0.4, -0.2) is 56.8 Å². The Morgan fingerprint density at radius 2 is 1.77 bits per heavy atom. The lowest BCUT2D eigenvalue weighted by Gasteiger charge is -2.10. The van der Waals surface area contributed by atoms with Gasteiger partial charge in [-0.05, 0) is 77.0 Å². The maximum absolute atomic E-state index is 12.4. The van der Waals surface area contributed by atoms with E-state index in [0.717, 1.165) is 17.7 Å². The molecule has 0 aliphatic carbocycles. The second kappa shape index (κ2) is 10.7. The highest BCUT2D eigenvalue weighted by atomic mass is 32.2. The fraction of sp³-hybridized carbons (Fsp3) is 0.280. The zero-order valence-corrected chi connectivity index (χ0v) is 21.3. The Hall–Kier alpha value is -3.63. The normalized spacial score (nSPS) is 15.5. The van der Waals surface area contributed by atoms with Gasteiger partial charge >= 0.3 is 0 Å². The lowest BCUT2D eigenvalue weighted by atomic mass is 10.1. The summed E-state index contributed by atoms with van der Waals surface area (Å²) in [5, 5.41) is 11.9. The highest BCUT2D eigenvalue weighted by Gasteiger charge is 2.23. The van der Waals surface area contributed by atoms with Crippen molar-refractivity contribution >= 4 is 34.0 Å². The van der Waals surface area contributed by atoms with Crippen LogP contribution in [0.15, 0.2) is 80.1 Å². The van der Waals surface area contributed by atoms with Crippen LogP contribution in [0, 0.1) is 5.41 Å². The molecule has 1 aliphatic heterocycles. The largest absolute Gasteiger partial charge is 0.417 e. The van der Waals surface area contributed by atoms with Crippen LogP contribution in [0.25, 0.3) is 0 Å². The predicted octanol–water partition coefficient (Wildman–Crippen LogP) is 3.57. The maximum Gasteiger partial charge on any atom is 0.245 e. The Balaban J connectivity index is 1.86. The summed E-state index contributed by atoms with van der Waals surface area (Å²) in [5.74, 6) is 0.318. The number of hydrogen-bond acceptors (Lipinski definition) is 8. The number of sulfone groups is 1. The summed E-state index contributed by atoms with van der Waals surface area (Å²) in [5.41, 5.74) is 6.08. The fourth-order valence-electron chi connectivity index (χ4n) is 3.26. The molecule has 0 saturated heterocycles. The molecule has 1 aliphatic rings. The SMILES string of the molecule is C=NC(=N)C(N=C(C)c1ccc(S(=O)(=O)C(C)C)cc1)=C1NN=C(c2ccc(CN(C)C)cc2)O1. The van der Waals surface area contributed by atoms with Gasteiger partial charge in [0.25, 0.3) is 0 Å².